The van der Waals surface area contributed by atoms with Crippen molar-refractivity contribution in [3.63, 3.8) is 0 Å². The predicted octanol–water partition coefficient (Wildman–Crippen LogP) is 2.01. The van der Waals surface area contributed by atoms with Gasteiger partial charge in [-0.05, 0) is 18.1 Å². The SMILES string of the molecule is O=[N+]([O-])c1cccnc1S(=O)(=O)CCc1ccccc1. The Morgan fingerprint density at radius 3 is 2.45 bits per heavy atom. The molecule has 0 fully saturated rings. The maximum Gasteiger partial charge on any atom is 0.306 e. The first-order chi connectivity index (χ1) is 9.50. The molecule has 0 saturated carbocycles. The van der Waals surface area contributed by atoms with E-state index in [4.69, 9.17) is 0 Å². The van der Waals surface area contributed by atoms with E-state index in [-0.39, 0.29) is 12.2 Å². The van der Waals surface area contributed by atoms with Gasteiger partial charge in [-0.15, -0.1) is 0 Å². The zero-order valence-electron chi connectivity index (χ0n) is 10.5. The number of nitrogens with zero attached hydrogens (tertiary/aromatic N) is 2. The summed E-state index contributed by atoms with van der Waals surface area (Å²) in [7, 11) is -3.79. The second-order valence-corrected chi connectivity index (χ2v) is 6.16. The molecule has 104 valence electrons. The molecule has 0 aliphatic rings. The Kier molecular flexibility index (Phi) is 4.09. The molecule has 0 N–H and O–H groups in total. The van der Waals surface area contributed by atoms with Crippen LogP contribution >= 0.6 is 0 Å². The molecule has 0 bridgehead atoms. The zero-order chi connectivity index (χ0) is 14.6. The Balaban J connectivity index is 2.25. The molecular formula is C13H12N2O4S. The van der Waals surface area contributed by atoms with Crippen molar-refractivity contribution in [3.8, 4) is 0 Å². The van der Waals surface area contributed by atoms with Gasteiger partial charge in [-0.1, -0.05) is 30.3 Å². The third-order valence-corrected chi connectivity index (χ3v) is 4.39. The van der Waals surface area contributed by atoms with Gasteiger partial charge in [0.05, 0.1) is 10.7 Å². The highest BCUT2D eigenvalue weighted by atomic mass is 32.2. The van der Waals surface area contributed by atoms with Crippen LogP contribution < -0.4 is 0 Å². The van der Waals surface area contributed by atoms with Crippen LogP contribution in [0, 0.1) is 10.1 Å². The molecule has 0 unspecified atom stereocenters. The first-order valence-corrected chi connectivity index (χ1v) is 7.52. The summed E-state index contributed by atoms with van der Waals surface area (Å²) >= 11 is 0. The molecule has 0 saturated heterocycles. The van der Waals surface area contributed by atoms with Crippen molar-refractivity contribution < 1.29 is 13.3 Å². The number of aromatic nitrogens is 1. The number of sulfone groups is 1. The van der Waals surface area contributed by atoms with E-state index in [0.29, 0.717) is 0 Å². The Hall–Kier alpha value is -2.28. The van der Waals surface area contributed by atoms with Crippen molar-refractivity contribution in [2.24, 2.45) is 0 Å². The average Bonchev–Trinajstić information content (AvgIpc) is 2.46. The van der Waals surface area contributed by atoms with Crippen molar-refractivity contribution in [1.29, 1.82) is 0 Å². The van der Waals surface area contributed by atoms with Crippen LogP contribution in [0.3, 0.4) is 0 Å². The molecule has 20 heavy (non-hydrogen) atoms. The van der Waals surface area contributed by atoms with Crippen molar-refractivity contribution in [2.75, 3.05) is 5.75 Å². The van der Waals surface area contributed by atoms with Crippen LogP contribution in [-0.2, 0) is 16.3 Å². The fourth-order valence-corrected chi connectivity index (χ4v) is 3.13. The van der Waals surface area contributed by atoms with E-state index < -0.39 is 25.5 Å². The van der Waals surface area contributed by atoms with Gasteiger partial charge in [0.25, 0.3) is 0 Å². The number of aryl methyl sites for hydroxylation is 1. The quantitative estimate of drug-likeness (QED) is 0.621. The van der Waals surface area contributed by atoms with Crippen molar-refractivity contribution in [2.45, 2.75) is 11.4 Å². The summed E-state index contributed by atoms with van der Waals surface area (Å²) in [5, 5.41) is 10.4. The Morgan fingerprint density at radius 2 is 1.80 bits per heavy atom. The summed E-state index contributed by atoms with van der Waals surface area (Å²) in [4.78, 5) is 13.8. The smallest absolute Gasteiger partial charge is 0.258 e. The highest BCUT2D eigenvalue weighted by Gasteiger charge is 2.26. The molecule has 2 rings (SSSR count). The van der Waals surface area contributed by atoms with Gasteiger partial charge in [-0.3, -0.25) is 10.1 Å². The van der Waals surface area contributed by atoms with E-state index in [0.717, 1.165) is 11.6 Å². The number of hydrogen-bond donors (Lipinski definition) is 0. The van der Waals surface area contributed by atoms with E-state index in [2.05, 4.69) is 4.98 Å². The minimum atomic E-state index is -3.79. The second kappa shape index (κ2) is 5.79. The van der Waals surface area contributed by atoms with E-state index >= 15 is 0 Å². The summed E-state index contributed by atoms with van der Waals surface area (Å²) in [5.74, 6) is -0.213. The number of benzene rings is 1. The molecule has 0 aliphatic heterocycles. The van der Waals surface area contributed by atoms with Crippen LogP contribution in [0.2, 0.25) is 0 Å². The Bertz CT molecular complexity index is 714. The van der Waals surface area contributed by atoms with Crippen molar-refractivity contribution >= 4 is 15.5 Å². The van der Waals surface area contributed by atoms with Crippen molar-refractivity contribution in [3.05, 3.63) is 64.3 Å². The Labute approximate surface area is 116 Å². The lowest BCUT2D eigenvalue weighted by Gasteiger charge is -2.04. The van der Waals surface area contributed by atoms with Gasteiger partial charge in [0.15, 0.2) is 0 Å². The zero-order valence-corrected chi connectivity index (χ0v) is 11.3. The highest BCUT2D eigenvalue weighted by molar-refractivity contribution is 7.91. The molecule has 0 amide bonds. The van der Waals surface area contributed by atoms with E-state index in [1.165, 1.54) is 12.3 Å². The molecule has 0 atom stereocenters. The lowest BCUT2D eigenvalue weighted by Crippen LogP contribution is -2.13. The molecule has 7 heteroatoms. The lowest BCUT2D eigenvalue weighted by molar-refractivity contribution is -0.388. The van der Waals surface area contributed by atoms with E-state index in [9.17, 15) is 18.5 Å². The van der Waals surface area contributed by atoms with Crippen LogP contribution in [0.1, 0.15) is 5.56 Å². The van der Waals surface area contributed by atoms with Gasteiger partial charge in [0, 0.05) is 12.3 Å². The number of hydrogen-bond acceptors (Lipinski definition) is 5. The van der Waals surface area contributed by atoms with Gasteiger partial charge >= 0.3 is 5.69 Å². The summed E-state index contributed by atoms with van der Waals surface area (Å²) in [6.07, 6.45) is 1.53. The molecule has 0 aliphatic carbocycles. The topological polar surface area (TPSA) is 90.2 Å². The molecule has 2 aromatic rings. The van der Waals surface area contributed by atoms with Gasteiger partial charge < -0.3 is 0 Å². The number of nitro groups is 1. The molecule has 1 aromatic heterocycles. The minimum absolute atomic E-state index is 0.213. The molecule has 0 radical (unpaired) electrons. The molecular weight excluding hydrogens is 280 g/mol. The predicted molar refractivity (Wildman–Crippen MR) is 73.1 cm³/mol. The summed E-state index contributed by atoms with van der Waals surface area (Å²) in [6.45, 7) is 0. The maximum absolute atomic E-state index is 12.2. The third-order valence-electron chi connectivity index (χ3n) is 2.74. The van der Waals surface area contributed by atoms with Crippen LogP contribution in [0.4, 0.5) is 5.69 Å². The van der Waals surface area contributed by atoms with Crippen LogP contribution in [0.15, 0.2) is 53.7 Å². The lowest BCUT2D eigenvalue weighted by atomic mass is 10.2. The summed E-state index contributed by atoms with van der Waals surface area (Å²) in [5.41, 5.74) is 0.371. The summed E-state index contributed by atoms with van der Waals surface area (Å²) in [6, 6.07) is 11.6. The highest BCUT2D eigenvalue weighted by Crippen LogP contribution is 2.22. The van der Waals surface area contributed by atoms with Crippen LogP contribution in [-0.4, -0.2) is 24.1 Å². The standard InChI is InChI=1S/C13H12N2O4S/c16-15(17)12-7-4-9-14-13(12)20(18,19)10-8-11-5-2-1-3-6-11/h1-7,9H,8,10H2. The fraction of sp³-hybridized carbons (Fsp3) is 0.154. The molecule has 1 heterocycles. The number of rotatable bonds is 5. The first-order valence-electron chi connectivity index (χ1n) is 5.87. The number of pyridine rings is 1. The van der Waals surface area contributed by atoms with Gasteiger partial charge in [-0.25, -0.2) is 13.4 Å². The molecule has 0 spiro atoms. The molecule has 6 nitrogen and oxygen atoms in total. The fourth-order valence-electron chi connectivity index (χ4n) is 1.75. The third kappa shape index (κ3) is 3.18. The van der Waals surface area contributed by atoms with Crippen LogP contribution in [0.5, 0.6) is 0 Å². The monoisotopic (exact) mass is 292 g/mol. The van der Waals surface area contributed by atoms with Crippen LogP contribution in [0.25, 0.3) is 0 Å². The minimum Gasteiger partial charge on any atom is -0.258 e. The normalized spacial score (nSPS) is 11.2. The van der Waals surface area contributed by atoms with E-state index in [1.807, 2.05) is 30.3 Å². The maximum atomic E-state index is 12.2. The van der Waals surface area contributed by atoms with Gasteiger partial charge in [0.1, 0.15) is 0 Å². The van der Waals surface area contributed by atoms with Gasteiger partial charge in [0.2, 0.25) is 14.9 Å². The summed E-state index contributed by atoms with van der Waals surface area (Å²) < 4.78 is 24.3. The van der Waals surface area contributed by atoms with E-state index in [1.54, 1.807) is 0 Å². The van der Waals surface area contributed by atoms with Gasteiger partial charge in [-0.2, -0.15) is 0 Å². The Morgan fingerprint density at radius 1 is 1.10 bits per heavy atom. The second-order valence-electron chi connectivity index (χ2n) is 4.14. The largest absolute Gasteiger partial charge is 0.306 e. The first kappa shape index (κ1) is 14.1. The van der Waals surface area contributed by atoms with Crippen molar-refractivity contribution in [1.82, 2.24) is 4.98 Å². The molecule has 1 aromatic carbocycles. The average molecular weight is 292 g/mol.